The Hall–Kier alpha value is -9.27. The summed E-state index contributed by atoms with van der Waals surface area (Å²) in [5, 5.41) is 168. The maximum atomic E-state index is 16.2. The maximum absolute atomic E-state index is 16.2. The van der Waals surface area contributed by atoms with E-state index >= 15 is 14.4 Å². The SMILES string of the molecule is O=C(O[C@@H]1O[C@@H]2COC(=O)c3cc(O)c(O)c(O)c3-c3c(cc(O)c(O)c3O)C(=O)O[C@@H]3[C@H]1OC(=O)c1cc(O)c(O)c4c1C1C(O)(O4)[C@]4(O)C[C@@]5(C(=O)O[C@H]6C(O)CO[C@@]65O)[C@]1(CC4=O)C(=O)O[C@@H]32)c1cc(O)c(O)c(O)c1. The van der Waals surface area contributed by atoms with Gasteiger partial charge in [-0.1, -0.05) is 0 Å². The predicted molar refractivity (Wildman–Crippen MR) is 235 cm³/mol. The van der Waals surface area contributed by atoms with Gasteiger partial charge in [0.25, 0.3) is 5.79 Å². The van der Waals surface area contributed by atoms with Crippen LogP contribution < -0.4 is 4.74 Å². The highest BCUT2D eigenvalue weighted by molar-refractivity contribution is 6.09. The van der Waals surface area contributed by atoms with Gasteiger partial charge in [-0.15, -0.1) is 0 Å². The molecule has 15 N–H and O–H groups in total. The summed E-state index contributed by atoms with van der Waals surface area (Å²) in [4.78, 5) is 104. The Bertz CT molecular complexity index is 3530. The lowest BCUT2D eigenvalue weighted by Crippen LogP contribution is -2.84. The van der Waals surface area contributed by atoms with Gasteiger partial charge in [0.1, 0.15) is 29.6 Å². The van der Waals surface area contributed by atoms with E-state index in [1.54, 1.807) is 0 Å². The summed E-state index contributed by atoms with van der Waals surface area (Å²) in [6, 6.07) is 2.20. The topological polar surface area (TPSA) is 506 Å². The van der Waals surface area contributed by atoms with E-state index in [9.17, 15) is 95.8 Å². The normalized spacial score (nSPS) is 34.6. The molecule has 414 valence electrons. The number of Topliss-reactive ketones (excluding diaryl/α,β-unsaturated/α-hetero) is 1. The molecule has 0 amide bonds. The third kappa shape index (κ3) is 6.06. The molecular formula is C48H36O31. The number of ether oxygens (including phenoxy) is 9. The van der Waals surface area contributed by atoms with Crippen molar-refractivity contribution < 1.29 is 153 Å². The fraction of sp³-hybridized carbons (Fsp3) is 0.354. The molecule has 13 rings (SSSR count). The second kappa shape index (κ2) is 15.9. The van der Waals surface area contributed by atoms with Crippen LogP contribution in [0.15, 0.2) is 30.3 Å². The molecule has 4 aromatic rings. The van der Waals surface area contributed by atoms with Gasteiger partial charge >= 0.3 is 35.8 Å². The fourth-order valence-electron chi connectivity index (χ4n) is 12.3. The Morgan fingerprint density at radius 1 is 0.582 bits per heavy atom. The lowest BCUT2D eigenvalue weighted by Gasteiger charge is -2.65. The van der Waals surface area contributed by atoms with Crippen molar-refractivity contribution in [1.82, 2.24) is 0 Å². The number of carbonyl (C=O) groups is 7. The molecule has 0 radical (unpaired) electrons. The van der Waals surface area contributed by atoms with Crippen molar-refractivity contribution in [1.29, 1.82) is 0 Å². The Labute approximate surface area is 434 Å². The second-order valence-corrected chi connectivity index (χ2v) is 19.7. The zero-order chi connectivity index (χ0) is 56.9. The maximum Gasteiger partial charge on any atom is 0.340 e. The van der Waals surface area contributed by atoms with Crippen LogP contribution in [0.3, 0.4) is 0 Å². The molecule has 3 unspecified atom stereocenters. The quantitative estimate of drug-likeness (QED) is 0.0575. The summed E-state index contributed by atoms with van der Waals surface area (Å²) in [5.41, 5.74) is -18.0. The van der Waals surface area contributed by atoms with Crippen molar-refractivity contribution in [2.24, 2.45) is 10.8 Å². The van der Waals surface area contributed by atoms with Crippen LogP contribution in [0.25, 0.3) is 11.1 Å². The minimum atomic E-state index is -3.70. The predicted octanol–water partition coefficient (Wildman–Crippen LogP) is -2.21. The number of fused-ring (bicyclic) bond motifs is 5. The minimum Gasteiger partial charge on any atom is -0.504 e. The molecule has 9 aliphatic rings. The third-order valence-corrected chi connectivity index (χ3v) is 15.9. The van der Waals surface area contributed by atoms with Crippen LogP contribution in [0, 0.1) is 10.8 Å². The number of hydrogen-bond acceptors (Lipinski definition) is 31. The molecule has 6 heterocycles. The smallest absolute Gasteiger partial charge is 0.340 e. The van der Waals surface area contributed by atoms with E-state index in [4.69, 9.17) is 42.6 Å². The van der Waals surface area contributed by atoms with E-state index in [0.29, 0.717) is 30.3 Å². The third-order valence-electron chi connectivity index (χ3n) is 15.9. The molecule has 6 fully saturated rings. The average molecular weight is 1110 g/mol. The van der Waals surface area contributed by atoms with Crippen molar-refractivity contribution in [3.8, 4) is 80.1 Å². The van der Waals surface area contributed by atoms with Crippen molar-refractivity contribution in [3.05, 3.63) is 58.1 Å². The Morgan fingerprint density at radius 2 is 1.14 bits per heavy atom. The van der Waals surface area contributed by atoms with E-state index in [-0.39, 0.29) is 0 Å². The lowest BCUT2D eigenvalue weighted by atomic mass is 9.37. The lowest BCUT2D eigenvalue weighted by molar-refractivity contribution is -0.362. The van der Waals surface area contributed by atoms with Crippen LogP contribution in [0.2, 0.25) is 0 Å². The molecule has 31 heteroatoms. The van der Waals surface area contributed by atoms with Crippen LogP contribution >= 0.6 is 0 Å². The number of hydrogen-bond donors (Lipinski definition) is 15. The van der Waals surface area contributed by atoms with Crippen LogP contribution in [0.1, 0.15) is 65.8 Å². The molecule has 4 aromatic carbocycles. The summed E-state index contributed by atoms with van der Waals surface area (Å²) in [7, 11) is 0. The summed E-state index contributed by atoms with van der Waals surface area (Å²) < 4.78 is 51.8. The summed E-state index contributed by atoms with van der Waals surface area (Å²) >= 11 is 0. The highest BCUT2D eigenvalue weighted by Gasteiger charge is 2.95. The first-order valence-electron chi connectivity index (χ1n) is 23.1. The molecule has 79 heavy (non-hydrogen) atoms. The van der Waals surface area contributed by atoms with Gasteiger partial charge in [0.15, 0.2) is 81.4 Å². The highest BCUT2D eigenvalue weighted by atomic mass is 16.8. The van der Waals surface area contributed by atoms with Crippen LogP contribution in [-0.2, 0) is 52.3 Å². The van der Waals surface area contributed by atoms with Gasteiger partial charge in [0.2, 0.25) is 35.4 Å². The summed E-state index contributed by atoms with van der Waals surface area (Å²) in [6.45, 7) is -2.33. The van der Waals surface area contributed by atoms with E-state index in [1.807, 2.05) is 0 Å². The Balaban J connectivity index is 1.13. The van der Waals surface area contributed by atoms with E-state index < -0.39 is 252 Å². The van der Waals surface area contributed by atoms with Crippen LogP contribution in [0.4, 0.5) is 0 Å². The first-order valence-corrected chi connectivity index (χ1v) is 23.1. The van der Waals surface area contributed by atoms with E-state index in [1.165, 1.54) is 0 Å². The molecule has 3 saturated carbocycles. The fourth-order valence-corrected chi connectivity index (χ4v) is 12.3. The number of benzene rings is 4. The molecule has 3 aliphatic carbocycles. The largest absolute Gasteiger partial charge is 0.504 e. The number of rotatable bonds is 2. The van der Waals surface area contributed by atoms with Crippen LogP contribution in [0.5, 0.6) is 69.0 Å². The number of phenols is 11. The average Bonchev–Trinajstić information content (AvgIpc) is 1.67. The van der Waals surface area contributed by atoms with Gasteiger partial charge in [-0.2, -0.15) is 0 Å². The molecular weight excluding hydrogens is 1070 g/mol. The summed E-state index contributed by atoms with van der Waals surface area (Å²) in [5.74, 6) is -38.4. The van der Waals surface area contributed by atoms with E-state index in [2.05, 4.69) is 0 Å². The molecule has 2 spiro atoms. The standard InChI is InChI=1S/C48H36O31/c49-14-1-10(2-15(50)25(14)56)37(62)78-41-34-33-31(20(73-41)8-71-38(63)11-3-16(51)26(57)29(60)22(11)23-12(39(64)74-33)4-17(52)27(58)30(23)61)76-42(66)44-6-21(55)46(68,9-45(44)43(67)77-36-19(54)7-72-48(36,45)70)47(69)35(44)24-13(40(65)75-34)5-18(53)28(59)32(24)79-47/h1-5,19-20,31,33-36,41,49-54,56-61,68-70H,6-9H2/t19?,20-,31-,33+,34-,35?,36+,41+,44+,45-,46+,47?,48+/m1/s1. The molecule has 31 nitrogen and oxygen atoms in total. The molecule has 13 atom stereocenters. The molecule has 0 aromatic heterocycles. The zero-order valence-electron chi connectivity index (χ0n) is 39.1. The number of cyclic esters (lactones) is 1. The number of aromatic hydroxyl groups is 11. The van der Waals surface area contributed by atoms with Crippen molar-refractivity contribution in [2.45, 2.75) is 78.8 Å². The van der Waals surface area contributed by atoms with Gasteiger partial charge in [-0.05, 0) is 30.3 Å². The van der Waals surface area contributed by atoms with E-state index in [0.717, 1.165) is 0 Å². The highest BCUT2D eigenvalue weighted by Crippen LogP contribution is 2.79. The first kappa shape index (κ1) is 50.5. The van der Waals surface area contributed by atoms with Crippen LogP contribution in [-0.4, -0.2) is 191 Å². The first-order chi connectivity index (χ1) is 37.1. The Kier molecular flexibility index (Phi) is 10.2. The van der Waals surface area contributed by atoms with Gasteiger partial charge in [0.05, 0.1) is 34.8 Å². The van der Waals surface area contributed by atoms with Crippen molar-refractivity contribution in [3.63, 3.8) is 0 Å². The van der Waals surface area contributed by atoms with Gasteiger partial charge in [0, 0.05) is 29.5 Å². The number of aliphatic hydroxyl groups excluding tert-OH is 1. The number of ketones is 1. The number of esters is 6. The summed E-state index contributed by atoms with van der Waals surface area (Å²) in [6.07, 6.45) is -20.6. The monoisotopic (exact) mass is 1110 g/mol. The van der Waals surface area contributed by atoms with Gasteiger partial charge < -0.3 is 119 Å². The van der Waals surface area contributed by atoms with Gasteiger partial charge in [-0.3, -0.25) is 14.4 Å². The second-order valence-electron chi connectivity index (χ2n) is 19.7. The van der Waals surface area contributed by atoms with Crippen molar-refractivity contribution in [2.75, 3.05) is 13.2 Å². The van der Waals surface area contributed by atoms with Gasteiger partial charge in [-0.25, -0.2) is 19.2 Å². The number of carbonyl (C=O) groups excluding carboxylic acids is 7. The Morgan fingerprint density at radius 3 is 1.77 bits per heavy atom. The molecule has 6 bridgehead atoms. The minimum absolute atomic E-state index is 0.327. The molecule has 6 aliphatic heterocycles. The number of aliphatic hydroxyl groups is 4. The van der Waals surface area contributed by atoms with Crippen molar-refractivity contribution >= 4 is 41.6 Å². The number of phenolic OH excluding ortho intramolecular Hbond substituents is 11. The zero-order valence-corrected chi connectivity index (χ0v) is 39.1. The molecule has 3 saturated heterocycles.